The number of hydrogen-bond donors (Lipinski definition) is 2. The predicted octanol–water partition coefficient (Wildman–Crippen LogP) is 2.88. The minimum Gasteiger partial charge on any atom is -0.484 e. The average Bonchev–Trinajstić information content (AvgIpc) is 3.22. The second kappa shape index (κ2) is 11.0. The molecule has 0 radical (unpaired) electrons. The Morgan fingerprint density at radius 2 is 1.63 bits per heavy atom. The van der Waals surface area contributed by atoms with E-state index in [2.05, 4.69) is 4.98 Å². The molecule has 1 aromatic heterocycles. The molecule has 0 saturated carbocycles. The number of nitrogens with two attached hydrogens (primary N) is 1. The van der Waals surface area contributed by atoms with Crippen LogP contribution in [0, 0.1) is 0 Å². The molecule has 2 aromatic carbocycles. The number of thiazole rings is 1. The number of hydrogen-bond acceptors (Lipinski definition) is 7. The number of carboxylic acids is 1. The van der Waals surface area contributed by atoms with Gasteiger partial charge in [-0.3, -0.25) is 9.59 Å². The topological polar surface area (TPSA) is 126 Å². The van der Waals surface area contributed by atoms with Crippen molar-refractivity contribution in [2.75, 3.05) is 38.5 Å². The minimum absolute atomic E-state index is 0.000124. The van der Waals surface area contributed by atoms with Crippen molar-refractivity contribution < 1.29 is 37.4 Å². The first kappa shape index (κ1) is 25.7. The molecule has 13 heteroatoms. The number of amides is 2. The van der Waals surface area contributed by atoms with Gasteiger partial charge in [-0.25, -0.2) is 9.78 Å². The standard InChI is InChI=1S/C20H20N4O3S.C2HF3O2/c21-20-22-16-12-14(6-7-17(16)28-20)19(26)24-10-8-23(9-11-24)18(25)13-27-15-4-2-1-3-5-15;3-2(4,5)1(6)7/h1-7,12H,8-11,13H2,(H2,21,22);(H,6,7). The lowest BCUT2D eigenvalue weighted by Crippen LogP contribution is -2.51. The van der Waals surface area contributed by atoms with Crippen LogP contribution in [-0.2, 0) is 9.59 Å². The number of para-hydroxylation sites is 1. The highest BCUT2D eigenvalue weighted by molar-refractivity contribution is 7.22. The SMILES string of the molecule is Nc1nc2cc(C(=O)N3CCN(C(=O)COc4ccccc4)CC3)ccc2s1.O=C(O)C(F)(F)F. The Balaban J connectivity index is 0.000000429. The number of aliphatic carboxylic acids is 1. The lowest BCUT2D eigenvalue weighted by Gasteiger charge is -2.34. The molecule has 35 heavy (non-hydrogen) atoms. The zero-order valence-corrected chi connectivity index (χ0v) is 19.0. The number of ether oxygens (including phenoxy) is 1. The van der Waals surface area contributed by atoms with Gasteiger partial charge in [-0.15, -0.1) is 0 Å². The van der Waals surface area contributed by atoms with Crippen molar-refractivity contribution in [2.45, 2.75) is 6.18 Å². The summed E-state index contributed by atoms with van der Waals surface area (Å²) >= 11 is 1.40. The lowest BCUT2D eigenvalue weighted by molar-refractivity contribution is -0.192. The van der Waals surface area contributed by atoms with E-state index in [1.54, 1.807) is 21.9 Å². The molecule has 1 aliphatic rings. The zero-order chi connectivity index (χ0) is 25.6. The van der Waals surface area contributed by atoms with Crippen LogP contribution in [0.2, 0.25) is 0 Å². The number of carboxylic acid groups (broad SMARTS) is 1. The molecule has 0 atom stereocenters. The van der Waals surface area contributed by atoms with Gasteiger partial charge >= 0.3 is 12.1 Å². The van der Waals surface area contributed by atoms with E-state index in [1.165, 1.54) is 11.3 Å². The Hall–Kier alpha value is -3.87. The van der Waals surface area contributed by atoms with E-state index >= 15 is 0 Å². The fourth-order valence-electron chi connectivity index (χ4n) is 3.17. The highest BCUT2D eigenvalue weighted by atomic mass is 32.1. The molecule has 2 amide bonds. The second-order valence-electron chi connectivity index (χ2n) is 7.31. The van der Waals surface area contributed by atoms with E-state index < -0.39 is 12.1 Å². The first-order valence-corrected chi connectivity index (χ1v) is 11.1. The maximum atomic E-state index is 12.8. The number of halogens is 3. The Labute approximate surface area is 201 Å². The highest BCUT2D eigenvalue weighted by Crippen LogP contribution is 2.25. The number of nitrogens with zero attached hydrogens (tertiary/aromatic N) is 3. The molecule has 3 N–H and O–H groups in total. The molecule has 0 aliphatic carbocycles. The summed E-state index contributed by atoms with van der Waals surface area (Å²) in [5.74, 6) is -2.22. The summed E-state index contributed by atoms with van der Waals surface area (Å²) in [4.78, 5) is 41.8. The summed E-state index contributed by atoms with van der Waals surface area (Å²) in [6.45, 7) is 1.98. The molecular formula is C22H21F3N4O5S. The van der Waals surface area contributed by atoms with Crippen LogP contribution >= 0.6 is 11.3 Å². The fourth-order valence-corrected chi connectivity index (χ4v) is 3.89. The Morgan fingerprint density at radius 3 is 2.23 bits per heavy atom. The lowest BCUT2D eigenvalue weighted by atomic mass is 10.1. The van der Waals surface area contributed by atoms with Crippen LogP contribution in [0.15, 0.2) is 48.5 Å². The van der Waals surface area contributed by atoms with Crippen molar-refractivity contribution in [2.24, 2.45) is 0 Å². The van der Waals surface area contributed by atoms with Crippen molar-refractivity contribution in [3.05, 3.63) is 54.1 Å². The highest BCUT2D eigenvalue weighted by Gasteiger charge is 2.38. The van der Waals surface area contributed by atoms with Crippen LogP contribution in [-0.4, -0.2) is 76.6 Å². The maximum absolute atomic E-state index is 12.8. The molecular weight excluding hydrogens is 489 g/mol. The smallest absolute Gasteiger partial charge is 0.484 e. The fraction of sp³-hybridized carbons (Fsp3) is 0.273. The van der Waals surface area contributed by atoms with Gasteiger partial charge in [0.1, 0.15) is 5.75 Å². The van der Waals surface area contributed by atoms with Gasteiger partial charge < -0.3 is 25.4 Å². The number of fused-ring (bicyclic) bond motifs is 1. The van der Waals surface area contributed by atoms with Gasteiger partial charge in [-0.05, 0) is 30.3 Å². The largest absolute Gasteiger partial charge is 0.490 e. The van der Waals surface area contributed by atoms with E-state index in [4.69, 9.17) is 20.4 Å². The minimum atomic E-state index is -5.08. The van der Waals surface area contributed by atoms with Crippen LogP contribution < -0.4 is 10.5 Å². The van der Waals surface area contributed by atoms with Gasteiger partial charge in [0.05, 0.1) is 10.2 Å². The molecule has 2 heterocycles. The number of nitrogen functional groups attached to an aromatic ring is 1. The molecule has 1 aliphatic heterocycles. The van der Waals surface area contributed by atoms with Crippen molar-refractivity contribution in [1.29, 1.82) is 0 Å². The third-order valence-corrected chi connectivity index (χ3v) is 5.78. The Bertz CT molecular complexity index is 1190. The molecule has 3 aromatic rings. The van der Waals surface area contributed by atoms with Crippen LogP contribution in [0.3, 0.4) is 0 Å². The molecule has 0 unspecified atom stereocenters. The van der Waals surface area contributed by atoms with Gasteiger partial charge in [0.25, 0.3) is 11.8 Å². The number of piperazine rings is 1. The number of anilines is 1. The molecule has 9 nitrogen and oxygen atoms in total. The quantitative estimate of drug-likeness (QED) is 0.553. The van der Waals surface area contributed by atoms with E-state index in [0.29, 0.717) is 42.6 Å². The Morgan fingerprint density at radius 1 is 1.03 bits per heavy atom. The predicted molar refractivity (Wildman–Crippen MR) is 122 cm³/mol. The molecule has 186 valence electrons. The van der Waals surface area contributed by atoms with Crippen LogP contribution in [0.4, 0.5) is 18.3 Å². The maximum Gasteiger partial charge on any atom is 0.490 e. The van der Waals surface area contributed by atoms with Crippen molar-refractivity contribution in [3.63, 3.8) is 0 Å². The molecule has 1 fully saturated rings. The van der Waals surface area contributed by atoms with Crippen molar-refractivity contribution in [1.82, 2.24) is 14.8 Å². The van der Waals surface area contributed by atoms with Crippen LogP contribution in [0.25, 0.3) is 10.2 Å². The van der Waals surface area contributed by atoms with Gasteiger partial charge in [0.15, 0.2) is 11.7 Å². The van der Waals surface area contributed by atoms with Gasteiger partial charge in [0, 0.05) is 31.7 Å². The normalized spacial score (nSPS) is 13.7. The van der Waals surface area contributed by atoms with E-state index in [1.807, 2.05) is 36.4 Å². The zero-order valence-electron chi connectivity index (χ0n) is 18.2. The number of alkyl halides is 3. The summed E-state index contributed by atoms with van der Waals surface area (Å²) in [6.07, 6.45) is -5.08. The number of benzene rings is 2. The summed E-state index contributed by atoms with van der Waals surface area (Å²) in [6, 6.07) is 14.7. The van der Waals surface area contributed by atoms with E-state index in [-0.39, 0.29) is 18.4 Å². The Kier molecular flexibility index (Phi) is 8.12. The first-order chi connectivity index (χ1) is 16.5. The summed E-state index contributed by atoms with van der Waals surface area (Å²) in [5, 5.41) is 7.62. The van der Waals surface area contributed by atoms with Crippen LogP contribution in [0.1, 0.15) is 10.4 Å². The molecule has 0 bridgehead atoms. The first-order valence-electron chi connectivity index (χ1n) is 10.3. The van der Waals surface area contributed by atoms with Crippen molar-refractivity contribution in [3.8, 4) is 5.75 Å². The number of carbonyl (C=O) groups is 3. The van der Waals surface area contributed by atoms with Crippen molar-refractivity contribution >= 4 is 44.5 Å². The van der Waals surface area contributed by atoms with E-state index in [0.717, 1.165) is 10.2 Å². The third-order valence-electron chi connectivity index (χ3n) is 4.92. The van der Waals surface area contributed by atoms with Gasteiger partial charge in [0.2, 0.25) is 0 Å². The second-order valence-corrected chi connectivity index (χ2v) is 8.37. The third kappa shape index (κ3) is 7.06. The monoisotopic (exact) mass is 510 g/mol. The van der Waals surface area contributed by atoms with E-state index in [9.17, 15) is 22.8 Å². The van der Waals surface area contributed by atoms with Crippen LogP contribution in [0.5, 0.6) is 5.75 Å². The van der Waals surface area contributed by atoms with Gasteiger partial charge in [-0.1, -0.05) is 29.5 Å². The number of rotatable bonds is 4. The number of carbonyl (C=O) groups excluding carboxylic acids is 2. The van der Waals surface area contributed by atoms with Gasteiger partial charge in [-0.2, -0.15) is 13.2 Å². The molecule has 4 rings (SSSR count). The number of aromatic nitrogens is 1. The summed E-state index contributed by atoms with van der Waals surface area (Å²) < 4.78 is 38.2. The molecule has 0 spiro atoms. The molecule has 1 saturated heterocycles. The summed E-state index contributed by atoms with van der Waals surface area (Å²) in [5.41, 5.74) is 7.05. The summed E-state index contributed by atoms with van der Waals surface area (Å²) in [7, 11) is 0. The average molecular weight is 510 g/mol.